The van der Waals surface area contributed by atoms with Gasteiger partial charge in [0.1, 0.15) is 0 Å². The van der Waals surface area contributed by atoms with Crippen LogP contribution in [-0.4, -0.2) is 17.7 Å². The van der Waals surface area contributed by atoms with Gasteiger partial charge in [0.15, 0.2) is 0 Å². The molecule has 0 saturated heterocycles. The van der Waals surface area contributed by atoms with Crippen molar-refractivity contribution in [3.05, 3.63) is 29.6 Å². The molecule has 0 unspecified atom stereocenters. The summed E-state index contributed by atoms with van der Waals surface area (Å²) in [5.74, 6) is 0. The zero-order valence-electron chi connectivity index (χ0n) is 7.62. The molecule has 2 heteroatoms. The van der Waals surface area contributed by atoms with Crippen LogP contribution >= 0.6 is 0 Å². The van der Waals surface area contributed by atoms with Gasteiger partial charge in [-0.1, -0.05) is 13.0 Å². The minimum atomic E-state index is 0.817. The molecule has 0 saturated carbocycles. The molecule has 0 spiro atoms. The first-order valence-corrected chi connectivity index (χ1v) is 4.32. The average Bonchev–Trinajstić information content (AvgIpc) is 2.15. The van der Waals surface area contributed by atoms with E-state index in [1.165, 1.54) is 0 Å². The summed E-state index contributed by atoms with van der Waals surface area (Å²) in [7, 11) is 0. The van der Waals surface area contributed by atoms with Crippen LogP contribution in [0, 0.1) is 0 Å². The van der Waals surface area contributed by atoms with Crippen molar-refractivity contribution in [3.8, 4) is 0 Å². The molecule has 0 aliphatic carbocycles. The maximum Gasteiger partial charge on any atom is 0.0811 e. The zero-order valence-corrected chi connectivity index (χ0v) is 7.62. The topological polar surface area (TPSA) is 25.2 Å². The fourth-order valence-electron chi connectivity index (χ4n) is 0.952. The molecule has 64 valence electrons. The lowest BCUT2D eigenvalue weighted by molar-refractivity contribution is 1.03. The fourth-order valence-corrected chi connectivity index (χ4v) is 0.952. The molecular weight excluding hydrogens is 148 g/mol. The highest BCUT2D eigenvalue weighted by molar-refractivity contribution is 5.76. The second kappa shape index (κ2) is 4.65. The van der Waals surface area contributed by atoms with Crippen molar-refractivity contribution >= 4 is 6.21 Å². The number of aliphatic imine (C=N–C) groups is 1. The number of aryl methyl sites for hydroxylation is 1. The smallest absolute Gasteiger partial charge is 0.0811 e. The molecule has 0 radical (unpaired) electrons. The molecule has 0 atom stereocenters. The van der Waals surface area contributed by atoms with Gasteiger partial charge in [-0.3, -0.25) is 9.98 Å². The minimum Gasteiger partial charge on any atom is -0.291 e. The standard InChI is InChI=1S/C10H14N2/c1-3-9-6-5-7-10(12-9)8-11-4-2/h5-8H,3-4H2,1-2H3. The summed E-state index contributed by atoms with van der Waals surface area (Å²) in [5, 5.41) is 0. The molecular formula is C10H14N2. The average molecular weight is 162 g/mol. The summed E-state index contributed by atoms with van der Waals surface area (Å²) in [6.45, 7) is 4.93. The fraction of sp³-hybridized carbons (Fsp3) is 0.400. The van der Waals surface area contributed by atoms with Crippen LogP contribution in [0.4, 0.5) is 0 Å². The number of hydrogen-bond donors (Lipinski definition) is 0. The highest BCUT2D eigenvalue weighted by atomic mass is 14.8. The third-order valence-electron chi connectivity index (χ3n) is 1.60. The first kappa shape index (κ1) is 8.91. The summed E-state index contributed by atoms with van der Waals surface area (Å²) in [6.07, 6.45) is 2.80. The largest absolute Gasteiger partial charge is 0.291 e. The lowest BCUT2D eigenvalue weighted by Gasteiger charge is -1.96. The van der Waals surface area contributed by atoms with Crippen molar-refractivity contribution in [1.29, 1.82) is 0 Å². The normalized spacial score (nSPS) is 10.8. The summed E-state index contributed by atoms with van der Waals surface area (Å²) in [5.41, 5.74) is 2.08. The van der Waals surface area contributed by atoms with Crippen LogP contribution in [0.5, 0.6) is 0 Å². The van der Waals surface area contributed by atoms with E-state index < -0.39 is 0 Å². The molecule has 0 aromatic carbocycles. The molecule has 0 N–H and O–H groups in total. The van der Waals surface area contributed by atoms with E-state index in [0.717, 1.165) is 24.4 Å². The van der Waals surface area contributed by atoms with E-state index in [2.05, 4.69) is 16.9 Å². The van der Waals surface area contributed by atoms with E-state index in [-0.39, 0.29) is 0 Å². The Bertz CT molecular complexity index is 266. The summed E-state index contributed by atoms with van der Waals surface area (Å²) < 4.78 is 0. The lowest BCUT2D eigenvalue weighted by atomic mass is 10.2. The number of pyridine rings is 1. The lowest BCUT2D eigenvalue weighted by Crippen LogP contribution is -1.92. The number of nitrogens with zero attached hydrogens (tertiary/aromatic N) is 2. The van der Waals surface area contributed by atoms with E-state index >= 15 is 0 Å². The maximum atomic E-state index is 4.38. The number of hydrogen-bond acceptors (Lipinski definition) is 2. The first-order chi connectivity index (χ1) is 5.86. The molecule has 0 bridgehead atoms. The Kier molecular flexibility index (Phi) is 3.45. The van der Waals surface area contributed by atoms with Crippen LogP contribution in [-0.2, 0) is 6.42 Å². The third kappa shape index (κ3) is 2.46. The van der Waals surface area contributed by atoms with Crippen LogP contribution in [0.3, 0.4) is 0 Å². The van der Waals surface area contributed by atoms with E-state index in [1.54, 1.807) is 0 Å². The summed E-state index contributed by atoms with van der Waals surface area (Å²) in [6, 6.07) is 6.02. The highest BCUT2D eigenvalue weighted by Crippen LogP contribution is 1.97. The van der Waals surface area contributed by atoms with Crippen LogP contribution < -0.4 is 0 Å². The van der Waals surface area contributed by atoms with E-state index in [4.69, 9.17) is 0 Å². The molecule has 1 heterocycles. The van der Waals surface area contributed by atoms with E-state index in [1.807, 2.05) is 31.3 Å². The molecule has 0 fully saturated rings. The van der Waals surface area contributed by atoms with Gasteiger partial charge in [-0.2, -0.15) is 0 Å². The molecule has 0 amide bonds. The van der Waals surface area contributed by atoms with Gasteiger partial charge < -0.3 is 0 Å². The Balaban J connectivity index is 2.79. The quantitative estimate of drug-likeness (QED) is 0.625. The van der Waals surface area contributed by atoms with Gasteiger partial charge in [0.05, 0.1) is 5.69 Å². The van der Waals surface area contributed by atoms with Gasteiger partial charge in [0, 0.05) is 18.5 Å². The molecule has 12 heavy (non-hydrogen) atoms. The van der Waals surface area contributed by atoms with Crippen LogP contribution in [0.2, 0.25) is 0 Å². The van der Waals surface area contributed by atoms with Gasteiger partial charge in [-0.25, -0.2) is 0 Å². The highest BCUT2D eigenvalue weighted by Gasteiger charge is 1.91. The summed E-state index contributed by atoms with van der Waals surface area (Å²) >= 11 is 0. The van der Waals surface area contributed by atoms with Gasteiger partial charge in [-0.05, 0) is 25.5 Å². The molecule has 0 aliphatic heterocycles. The molecule has 1 aromatic rings. The van der Waals surface area contributed by atoms with Crippen molar-refractivity contribution in [2.24, 2.45) is 4.99 Å². The molecule has 1 rings (SSSR count). The van der Waals surface area contributed by atoms with Crippen LogP contribution in [0.1, 0.15) is 25.2 Å². The van der Waals surface area contributed by atoms with Crippen molar-refractivity contribution in [2.75, 3.05) is 6.54 Å². The second-order valence-corrected chi connectivity index (χ2v) is 2.54. The summed E-state index contributed by atoms with van der Waals surface area (Å²) in [4.78, 5) is 8.51. The van der Waals surface area contributed by atoms with E-state index in [0.29, 0.717) is 0 Å². The van der Waals surface area contributed by atoms with Crippen molar-refractivity contribution in [3.63, 3.8) is 0 Å². The second-order valence-electron chi connectivity index (χ2n) is 2.54. The predicted molar refractivity (Wildman–Crippen MR) is 51.8 cm³/mol. The number of aromatic nitrogens is 1. The minimum absolute atomic E-state index is 0.817. The Hall–Kier alpha value is -1.18. The number of rotatable bonds is 3. The predicted octanol–water partition coefficient (Wildman–Crippen LogP) is 2.08. The Morgan fingerprint density at radius 2 is 2.25 bits per heavy atom. The molecule has 2 nitrogen and oxygen atoms in total. The van der Waals surface area contributed by atoms with Crippen molar-refractivity contribution in [2.45, 2.75) is 20.3 Å². The Morgan fingerprint density at radius 1 is 1.42 bits per heavy atom. The maximum absolute atomic E-state index is 4.38. The Labute approximate surface area is 73.4 Å². The Morgan fingerprint density at radius 3 is 2.92 bits per heavy atom. The SMILES string of the molecule is CCN=Cc1cccc(CC)n1. The van der Waals surface area contributed by atoms with Crippen LogP contribution in [0.25, 0.3) is 0 Å². The van der Waals surface area contributed by atoms with Gasteiger partial charge in [0.2, 0.25) is 0 Å². The van der Waals surface area contributed by atoms with Crippen LogP contribution in [0.15, 0.2) is 23.2 Å². The van der Waals surface area contributed by atoms with Gasteiger partial charge in [-0.15, -0.1) is 0 Å². The van der Waals surface area contributed by atoms with Gasteiger partial charge in [0.25, 0.3) is 0 Å². The van der Waals surface area contributed by atoms with Gasteiger partial charge >= 0.3 is 0 Å². The molecule has 0 aliphatic rings. The monoisotopic (exact) mass is 162 g/mol. The third-order valence-corrected chi connectivity index (χ3v) is 1.60. The van der Waals surface area contributed by atoms with E-state index in [9.17, 15) is 0 Å². The zero-order chi connectivity index (χ0) is 8.81. The van der Waals surface area contributed by atoms with Crippen molar-refractivity contribution in [1.82, 2.24) is 4.98 Å². The molecule has 1 aromatic heterocycles. The first-order valence-electron chi connectivity index (χ1n) is 4.32. The van der Waals surface area contributed by atoms with Crippen molar-refractivity contribution < 1.29 is 0 Å².